The number of likely N-dealkylation sites (tertiary alicyclic amines) is 1. The van der Waals surface area contributed by atoms with Gasteiger partial charge in [0.05, 0.1) is 0 Å². The van der Waals surface area contributed by atoms with Crippen molar-refractivity contribution in [3.05, 3.63) is 47.2 Å². The minimum Gasteiger partial charge on any atom is -0.494 e. The van der Waals surface area contributed by atoms with Crippen LogP contribution in [-0.4, -0.2) is 74.4 Å². The van der Waals surface area contributed by atoms with Crippen molar-refractivity contribution in [2.24, 2.45) is 17.8 Å². The van der Waals surface area contributed by atoms with E-state index in [1.165, 1.54) is 29.3 Å². The Morgan fingerprint density at radius 3 is 2.46 bits per heavy atom. The number of carbonyl (C=O) groups excluding carboxylic acids is 1. The summed E-state index contributed by atoms with van der Waals surface area (Å²) < 4.78 is 1.79. The lowest BCUT2D eigenvalue weighted by Gasteiger charge is -2.35. The van der Waals surface area contributed by atoms with E-state index in [0.717, 1.165) is 50.1 Å². The summed E-state index contributed by atoms with van der Waals surface area (Å²) in [7, 11) is 0. The van der Waals surface area contributed by atoms with Gasteiger partial charge in [0.25, 0.3) is 0 Å². The molecule has 2 amide bonds. The first-order valence-corrected chi connectivity index (χ1v) is 15.0. The predicted molar refractivity (Wildman–Crippen MR) is 149 cm³/mol. The van der Waals surface area contributed by atoms with Crippen molar-refractivity contribution >= 4 is 16.9 Å². The topological polar surface area (TPSA) is 96.8 Å². The summed E-state index contributed by atoms with van der Waals surface area (Å²) in [6, 6.07) is 8.73. The van der Waals surface area contributed by atoms with Gasteiger partial charge in [0.1, 0.15) is 0 Å². The first-order chi connectivity index (χ1) is 19.0. The van der Waals surface area contributed by atoms with Crippen LogP contribution >= 0.6 is 0 Å². The number of aromatic nitrogens is 2. The molecule has 2 aliphatic heterocycles. The van der Waals surface area contributed by atoms with Crippen LogP contribution in [0.15, 0.2) is 30.5 Å². The number of aromatic hydroxyl groups is 2. The molecule has 1 aromatic carbocycles. The molecule has 3 aliphatic carbocycles. The zero-order chi connectivity index (χ0) is 26.4. The maximum absolute atomic E-state index is 12.4. The molecule has 2 aromatic heterocycles. The summed E-state index contributed by atoms with van der Waals surface area (Å²) >= 11 is 0. The Kier molecular flexibility index (Phi) is 5.28. The smallest absolute Gasteiger partial charge is 0.317 e. The van der Waals surface area contributed by atoms with Gasteiger partial charge in [-0.3, -0.25) is 4.57 Å². The Hall–Kier alpha value is -3.13. The number of hydrogen-bond acceptors (Lipinski definition) is 4. The van der Waals surface area contributed by atoms with Crippen molar-refractivity contribution in [3.63, 3.8) is 0 Å². The van der Waals surface area contributed by atoms with Crippen LogP contribution in [0.2, 0.25) is 0 Å². The number of urea groups is 1. The number of aromatic amines is 1. The number of para-hydroxylation sites is 1. The SMILES string of the molecule is CC1C2CC(c3c2c(O)n(C[C@H]2C[C@@H]2CN2CCC(c4c[nH]c5ccccc45)CC2)c3O)C1N1CCNC1=O. The normalized spacial score (nSPS) is 32.3. The highest BCUT2D eigenvalue weighted by atomic mass is 16.3. The number of amides is 2. The number of hydrogen-bond donors (Lipinski definition) is 4. The number of carbonyl (C=O) groups is 1. The van der Waals surface area contributed by atoms with Gasteiger partial charge in [-0.25, -0.2) is 4.79 Å². The van der Waals surface area contributed by atoms with Crippen LogP contribution in [-0.2, 0) is 6.54 Å². The van der Waals surface area contributed by atoms with E-state index in [1.54, 1.807) is 4.57 Å². The first kappa shape index (κ1) is 23.7. The van der Waals surface area contributed by atoms with Gasteiger partial charge in [-0.05, 0) is 80.0 Å². The van der Waals surface area contributed by atoms with Gasteiger partial charge in [-0.1, -0.05) is 25.1 Å². The second-order valence-corrected chi connectivity index (χ2v) is 12.9. The van der Waals surface area contributed by atoms with E-state index in [0.29, 0.717) is 30.8 Å². The average molecular weight is 530 g/mol. The standard InChI is InChI=1S/C31H39N5O3/c1-17-22-13-23(28(17)35-11-8-32-31(35)39)27-26(22)29(37)36(30(27)38)16-20-12-19(20)15-34-9-6-18(7-10-34)24-14-33-25-5-3-2-4-21(24)25/h2-5,14,17-20,22-23,28,33,37-38H,6-13,15-16H2,1H3,(H,32,39)/t17?,19-,20-,22?,23?,28?/m1/s1. The summed E-state index contributed by atoms with van der Waals surface area (Å²) in [5.41, 5.74) is 4.57. The van der Waals surface area contributed by atoms with Crippen LogP contribution in [0.3, 0.4) is 0 Å². The highest BCUT2D eigenvalue weighted by molar-refractivity contribution is 5.83. The van der Waals surface area contributed by atoms with E-state index < -0.39 is 0 Å². The van der Waals surface area contributed by atoms with E-state index in [1.807, 2.05) is 4.90 Å². The molecular weight excluding hydrogens is 490 g/mol. The van der Waals surface area contributed by atoms with Gasteiger partial charge in [0.2, 0.25) is 0 Å². The highest BCUT2D eigenvalue weighted by Crippen LogP contribution is 2.63. The third kappa shape index (κ3) is 3.56. The fourth-order valence-corrected chi connectivity index (χ4v) is 8.89. The summed E-state index contributed by atoms with van der Waals surface area (Å²) in [5.74, 6) is 2.88. The molecule has 39 heavy (non-hydrogen) atoms. The second-order valence-electron chi connectivity index (χ2n) is 12.9. The van der Waals surface area contributed by atoms with Crippen LogP contribution in [0.5, 0.6) is 11.8 Å². The molecule has 2 saturated carbocycles. The van der Waals surface area contributed by atoms with Gasteiger partial charge in [0, 0.05) is 66.4 Å². The summed E-state index contributed by atoms with van der Waals surface area (Å²) in [4.78, 5) is 20.5. The first-order valence-electron chi connectivity index (χ1n) is 15.0. The molecule has 4 unspecified atom stereocenters. The Labute approximate surface area is 229 Å². The fourth-order valence-electron chi connectivity index (χ4n) is 8.89. The Morgan fingerprint density at radius 1 is 0.949 bits per heavy atom. The number of rotatable bonds is 6. The number of nitrogens with one attached hydrogen (secondary N) is 2. The zero-order valence-corrected chi connectivity index (χ0v) is 22.6. The molecule has 0 spiro atoms. The minimum absolute atomic E-state index is 0.00963. The maximum Gasteiger partial charge on any atom is 0.317 e. The van der Waals surface area contributed by atoms with E-state index in [2.05, 4.69) is 52.6 Å². The lowest BCUT2D eigenvalue weighted by Crippen LogP contribution is -2.44. The van der Waals surface area contributed by atoms with Crippen molar-refractivity contribution in [1.82, 2.24) is 24.7 Å². The molecule has 5 aliphatic rings. The van der Waals surface area contributed by atoms with Crippen molar-refractivity contribution in [2.45, 2.75) is 62.9 Å². The van der Waals surface area contributed by atoms with E-state index >= 15 is 0 Å². The zero-order valence-electron chi connectivity index (χ0n) is 22.6. The highest BCUT2D eigenvalue weighted by Gasteiger charge is 2.56. The van der Waals surface area contributed by atoms with Crippen molar-refractivity contribution in [1.29, 1.82) is 0 Å². The molecule has 206 valence electrons. The minimum atomic E-state index is 0.00963. The van der Waals surface area contributed by atoms with E-state index in [9.17, 15) is 15.0 Å². The van der Waals surface area contributed by atoms with Gasteiger partial charge in [-0.15, -0.1) is 0 Å². The lowest BCUT2D eigenvalue weighted by molar-refractivity contribution is 0.172. The third-order valence-electron chi connectivity index (χ3n) is 11.0. The van der Waals surface area contributed by atoms with Gasteiger partial charge >= 0.3 is 6.03 Å². The molecule has 8 rings (SSSR count). The predicted octanol–water partition coefficient (Wildman–Crippen LogP) is 4.51. The number of piperidine rings is 1. The van der Waals surface area contributed by atoms with Gasteiger partial charge < -0.3 is 30.3 Å². The average Bonchev–Trinajstić information content (AvgIpc) is 3.40. The maximum atomic E-state index is 12.4. The van der Waals surface area contributed by atoms with Crippen LogP contribution in [0.4, 0.5) is 4.79 Å². The lowest BCUT2D eigenvalue weighted by atomic mass is 9.82. The van der Waals surface area contributed by atoms with Crippen molar-refractivity contribution in [3.8, 4) is 11.8 Å². The molecule has 2 bridgehead atoms. The molecule has 3 aromatic rings. The van der Waals surface area contributed by atoms with Crippen LogP contribution in [0.25, 0.3) is 10.9 Å². The molecule has 4 heterocycles. The molecule has 4 N–H and O–H groups in total. The number of H-pyrrole nitrogens is 1. The largest absolute Gasteiger partial charge is 0.494 e. The summed E-state index contributed by atoms with van der Waals surface area (Å²) in [6.45, 7) is 7.68. The van der Waals surface area contributed by atoms with Crippen molar-refractivity contribution in [2.75, 3.05) is 32.7 Å². The summed E-state index contributed by atoms with van der Waals surface area (Å²) in [6.07, 6.45) is 6.68. The molecule has 4 fully saturated rings. The van der Waals surface area contributed by atoms with E-state index in [4.69, 9.17) is 0 Å². The summed E-state index contributed by atoms with van der Waals surface area (Å²) in [5, 5.41) is 26.9. The Morgan fingerprint density at radius 2 is 1.69 bits per heavy atom. The van der Waals surface area contributed by atoms with E-state index in [-0.39, 0.29) is 41.6 Å². The molecule has 8 heteroatoms. The molecular formula is C31H39N5O3. The van der Waals surface area contributed by atoms with Crippen LogP contribution in [0, 0.1) is 17.8 Å². The Bertz CT molecular complexity index is 1440. The fraction of sp³-hybridized carbons (Fsp3) is 0.581. The number of nitrogens with zero attached hydrogens (tertiary/aromatic N) is 3. The molecule has 8 nitrogen and oxygen atoms in total. The van der Waals surface area contributed by atoms with Crippen LogP contribution < -0.4 is 5.32 Å². The molecule has 6 atom stereocenters. The van der Waals surface area contributed by atoms with Gasteiger partial charge in [0.15, 0.2) is 11.8 Å². The number of benzene rings is 1. The quantitative estimate of drug-likeness (QED) is 0.378. The number of fused-ring (bicyclic) bond motifs is 6. The molecule has 2 saturated heterocycles. The Balaban J connectivity index is 0.911. The van der Waals surface area contributed by atoms with Gasteiger partial charge in [-0.2, -0.15) is 0 Å². The van der Waals surface area contributed by atoms with Crippen LogP contribution in [0.1, 0.15) is 67.1 Å². The van der Waals surface area contributed by atoms with Crippen molar-refractivity contribution < 1.29 is 15.0 Å². The third-order valence-corrected chi connectivity index (χ3v) is 11.0. The second kappa shape index (κ2) is 8.68. The monoisotopic (exact) mass is 529 g/mol. The molecule has 0 radical (unpaired) electrons.